The van der Waals surface area contributed by atoms with Crippen LogP contribution in [0.4, 0.5) is 5.69 Å². The molecule has 0 atom stereocenters. The smallest absolute Gasteiger partial charge is 0.243 e. The first-order valence-electron chi connectivity index (χ1n) is 8.75. The summed E-state index contributed by atoms with van der Waals surface area (Å²) >= 11 is 0. The van der Waals surface area contributed by atoms with Crippen LogP contribution in [0.5, 0.6) is 5.75 Å². The highest BCUT2D eigenvalue weighted by Gasteiger charge is 2.10. The zero-order valence-corrected chi connectivity index (χ0v) is 15.8. The summed E-state index contributed by atoms with van der Waals surface area (Å²) in [5, 5.41) is 5.54. The van der Waals surface area contributed by atoms with E-state index in [-0.39, 0.29) is 24.8 Å². The number of carbonyl (C=O) groups excluding carboxylic acids is 2. The summed E-state index contributed by atoms with van der Waals surface area (Å²) in [4.78, 5) is 24.2. The van der Waals surface area contributed by atoms with E-state index in [9.17, 15) is 9.59 Å². The molecule has 5 nitrogen and oxygen atoms in total. The van der Waals surface area contributed by atoms with Crippen molar-refractivity contribution in [2.75, 3.05) is 18.5 Å². The third-order valence-corrected chi connectivity index (χ3v) is 3.99. The number of benzene rings is 2. The van der Waals surface area contributed by atoms with Gasteiger partial charge in [-0.1, -0.05) is 29.8 Å². The van der Waals surface area contributed by atoms with Gasteiger partial charge in [0.15, 0.2) is 0 Å². The van der Waals surface area contributed by atoms with Crippen LogP contribution in [0.25, 0.3) is 0 Å². The Kier molecular flexibility index (Phi) is 6.78. The fourth-order valence-corrected chi connectivity index (χ4v) is 2.86. The van der Waals surface area contributed by atoms with Crippen LogP contribution in [0.1, 0.15) is 29.2 Å². The van der Waals surface area contributed by atoms with Crippen LogP contribution in [0.15, 0.2) is 36.4 Å². The van der Waals surface area contributed by atoms with Crippen molar-refractivity contribution in [1.82, 2.24) is 5.32 Å². The minimum absolute atomic E-state index is 0.0530. The minimum atomic E-state index is -0.236. The largest absolute Gasteiger partial charge is 0.494 e. The molecule has 0 aromatic heterocycles. The molecule has 2 amide bonds. The summed E-state index contributed by atoms with van der Waals surface area (Å²) < 4.78 is 5.37. The molecular formula is C21H26N2O3. The number of hydrogen-bond donors (Lipinski definition) is 2. The summed E-state index contributed by atoms with van der Waals surface area (Å²) in [6.45, 7) is 8.41. The average molecular weight is 354 g/mol. The number of aryl methyl sites for hydroxylation is 3. The van der Waals surface area contributed by atoms with Crippen molar-refractivity contribution in [2.45, 2.75) is 34.1 Å². The molecular weight excluding hydrogens is 328 g/mol. The maximum atomic E-state index is 12.1. The van der Waals surface area contributed by atoms with Crippen molar-refractivity contribution in [3.63, 3.8) is 0 Å². The van der Waals surface area contributed by atoms with E-state index in [4.69, 9.17) is 4.74 Å². The Morgan fingerprint density at radius 2 is 1.58 bits per heavy atom. The SMILES string of the molecule is CCOc1ccc(CC(=O)NCC(=O)Nc2c(C)cc(C)cc2C)cc1. The Morgan fingerprint density at radius 3 is 2.15 bits per heavy atom. The molecule has 0 aliphatic carbocycles. The maximum absolute atomic E-state index is 12.1. The van der Waals surface area contributed by atoms with Gasteiger partial charge in [0.25, 0.3) is 0 Å². The first-order chi connectivity index (χ1) is 12.4. The van der Waals surface area contributed by atoms with E-state index in [0.29, 0.717) is 6.61 Å². The van der Waals surface area contributed by atoms with E-state index in [0.717, 1.165) is 33.7 Å². The van der Waals surface area contributed by atoms with E-state index in [1.807, 2.05) is 64.1 Å². The second kappa shape index (κ2) is 9.04. The van der Waals surface area contributed by atoms with E-state index in [1.54, 1.807) is 0 Å². The number of rotatable bonds is 7. The van der Waals surface area contributed by atoms with Gasteiger partial charge in [-0.25, -0.2) is 0 Å². The summed E-state index contributed by atoms with van der Waals surface area (Å²) in [6, 6.07) is 11.4. The number of amides is 2. The van der Waals surface area contributed by atoms with Crippen molar-refractivity contribution in [3.05, 3.63) is 58.7 Å². The van der Waals surface area contributed by atoms with Crippen LogP contribution in [0, 0.1) is 20.8 Å². The molecule has 0 radical (unpaired) electrons. The van der Waals surface area contributed by atoms with E-state index in [2.05, 4.69) is 10.6 Å². The van der Waals surface area contributed by atoms with Gasteiger partial charge in [-0.3, -0.25) is 9.59 Å². The van der Waals surface area contributed by atoms with Crippen LogP contribution in [-0.4, -0.2) is 25.0 Å². The fourth-order valence-electron chi connectivity index (χ4n) is 2.86. The number of carbonyl (C=O) groups is 2. The second-order valence-corrected chi connectivity index (χ2v) is 6.35. The van der Waals surface area contributed by atoms with Gasteiger partial charge in [0.2, 0.25) is 11.8 Å². The molecule has 0 heterocycles. The van der Waals surface area contributed by atoms with Gasteiger partial charge in [-0.2, -0.15) is 0 Å². The van der Waals surface area contributed by atoms with Crippen molar-refractivity contribution in [3.8, 4) is 5.75 Å². The first kappa shape index (κ1) is 19.5. The molecule has 2 rings (SSSR count). The third kappa shape index (κ3) is 5.62. The predicted octanol–water partition coefficient (Wildman–Crippen LogP) is 3.31. The topological polar surface area (TPSA) is 67.4 Å². The Labute approximate surface area is 154 Å². The summed E-state index contributed by atoms with van der Waals surface area (Å²) in [5.74, 6) is 0.349. The van der Waals surface area contributed by atoms with Crippen LogP contribution < -0.4 is 15.4 Å². The number of ether oxygens (including phenoxy) is 1. The molecule has 0 saturated carbocycles. The quantitative estimate of drug-likeness (QED) is 0.802. The number of hydrogen-bond acceptors (Lipinski definition) is 3. The summed E-state index contributed by atoms with van der Waals surface area (Å²) in [6.07, 6.45) is 0.224. The molecule has 2 aromatic rings. The molecule has 26 heavy (non-hydrogen) atoms. The molecule has 0 spiro atoms. The monoisotopic (exact) mass is 354 g/mol. The normalized spacial score (nSPS) is 10.3. The van der Waals surface area contributed by atoms with Gasteiger partial charge < -0.3 is 15.4 Å². The molecule has 2 N–H and O–H groups in total. The molecule has 0 aliphatic rings. The number of anilines is 1. The molecule has 5 heteroatoms. The van der Waals surface area contributed by atoms with Crippen LogP contribution in [0.3, 0.4) is 0 Å². The highest BCUT2D eigenvalue weighted by atomic mass is 16.5. The summed E-state index contributed by atoms with van der Waals surface area (Å²) in [5.41, 5.74) is 4.85. The predicted molar refractivity (Wildman–Crippen MR) is 104 cm³/mol. The average Bonchev–Trinajstić information content (AvgIpc) is 2.58. The molecule has 0 aliphatic heterocycles. The van der Waals surface area contributed by atoms with Gasteiger partial charge in [-0.15, -0.1) is 0 Å². The molecule has 0 unspecified atom stereocenters. The van der Waals surface area contributed by atoms with Gasteiger partial charge >= 0.3 is 0 Å². The minimum Gasteiger partial charge on any atom is -0.494 e. The Balaban J connectivity index is 1.84. The summed E-state index contributed by atoms with van der Waals surface area (Å²) in [7, 11) is 0. The molecule has 138 valence electrons. The second-order valence-electron chi connectivity index (χ2n) is 6.35. The first-order valence-corrected chi connectivity index (χ1v) is 8.75. The lowest BCUT2D eigenvalue weighted by molar-refractivity contribution is -0.123. The van der Waals surface area contributed by atoms with Crippen LogP contribution in [0.2, 0.25) is 0 Å². The lowest BCUT2D eigenvalue weighted by Gasteiger charge is -2.13. The van der Waals surface area contributed by atoms with Gasteiger partial charge in [0, 0.05) is 5.69 Å². The highest BCUT2D eigenvalue weighted by molar-refractivity contribution is 5.96. The Hall–Kier alpha value is -2.82. The molecule has 0 saturated heterocycles. The van der Waals surface area contributed by atoms with Crippen molar-refractivity contribution in [1.29, 1.82) is 0 Å². The van der Waals surface area contributed by atoms with Crippen molar-refractivity contribution >= 4 is 17.5 Å². The molecule has 0 bridgehead atoms. The van der Waals surface area contributed by atoms with Crippen molar-refractivity contribution in [2.24, 2.45) is 0 Å². The standard InChI is InChI=1S/C21H26N2O3/c1-5-26-18-8-6-17(7-9-18)12-19(24)22-13-20(25)23-21-15(3)10-14(2)11-16(21)4/h6-11H,5,12-13H2,1-4H3,(H,22,24)(H,23,25). The Morgan fingerprint density at radius 1 is 0.962 bits per heavy atom. The van der Waals surface area contributed by atoms with E-state index < -0.39 is 0 Å². The van der Waals surface area contributed by atoms with Crippen LogP contribution >= 0.6 is 0 Å². The lowest BCUT2D eigenvalue weighted by atomic mass is 10.1. The van der Waals surface area contributed by atoms with E-state index >= 15 is 0 Å². The zero-order chi connectivity index (χ0) is 19.1. The fraction of sp³-hybridized carbons (Fsp3) is 0.333. The van der Waals surface area contributed by atoms with Crippen LogP contribution in [-0.2, 0) is 16.0 Å². The molecule has 2 aromatic carbocycles. The maximum Gasteiger partial charge on any atom is 0.243 e. The third-order valence-electron chi connectivity index (χ3n) is 3.99. The van der Waals surface area contributed by atoms with Gasteiger partial charge in [0.1, 0.15) is 5.75 Å². The molecule has 0 fully saturated rings. The highest BCUT2D eigenvalue weighted by Crippen LogP contribution is 2.21. The Bertz CT molecular complexity index is 759. The van der Waals surface area contributed by atoms with Crippen molar-refractivity contribution < 1.29 is 14.3 Å². The lowest BCUT2D eigenvalue weighted by Crippen LogP contribution is -2.34. The van der Waals surface area contributed by atoms with Gasteiger partial charge in [-0.05, 0) is 56.5 Å². The number of nitrogens with one attached hydrogen (secondary N) is 2. The van der Waals surface area contributed by atoms with Gasteiger partial charge in [0.05, 0.1) is 19.6 Å². The van der Waals surface area contributed by atoms with E-state index in [1.165, 1.54) is 0 Å². The zero-order valence-electron chi connectivity index (χ0n) is 15.8.